The molecule has 0 amide bonds. The fraction of sp³-hybridized carbons (Fsp3) is 0.759. The van der Waals surface area contributed by atoms with E-state index in [0.717, 1.165) is 11.5 Å². The molecule has 2 aliphatic carbocycles. The number of nitrogens with two attached hydrogens (primary N) is 2. The van der Waals surface area contributed by atoms with Gasteiger partial charge in [-0.25, -0.2) is 17.6 Å². The fourth-order valence-corrected chi connectivity index (χ4v) is 3.53. The van der Waals surface area contributed by atoms with Crippen LogP contribution in [0, 0.1) is 17.2 Å². The number of allylic oxidation sites excluding steroid dienone is 2. The molecule has 2 saturated carbocycles. The largest absolute Gasteiger partial charge is 1.00 e. The summed E-state index contributed by atoms with van der Waals surface area (Å²) < 4.78 is 60.2. The van der Waals surface area contributed by atoms with Crippen molar-refractivity contribution in [2.24, 2.45) is 28.3 Å². The summed E-state index contributed by atoms with van der Waals surface area (Å²) in [6.07, 6.45) is 5.14. The molecule has 0 bridgehead atoms. The molecular formula is C29H51B2BrCs2F4N4O7. The summed E-state index contributed by atoms with van der Waals surface area (Å²) in [7, 11) is 2.78. The summed E-state index contributed by atoms with van der Waals surface area (Å²) in [5.74, 6) is -4.69. The van der Waals surface area contributed by atoms with Crippen molar-refractivity contribution in [2.45, 2.75) is 115 Å². The van der Waals surface area contributed by atoms with Crippen LogP contribution in [0.5, 0.6) is 0 Å². The van der Waals surface area contributed by atoms with Gasteiger partial charge in [-0.3, -0.25) is 9.79 Å². The monoisotopic (exact) mass is 1010 g/mol. The van der Waals surface area contributed by atoms with Crippen LogP contribution in [-0.2, 0) is 19.0 Å². The van der Waals surface area contributed by atoms with Gasteiger partial charge < -0.3 is 48.0 Å². The zero-order valence-corrected chi connectivity index (χ0v) is 44.5. The summed E-state index contributed by atoms with van der Waals surface area (Å²) in [5, 5.41) is 35.9. The van der Waals surface area contributed by atoms with E-state index >= 15 is 0 Å². The normalized spacial score (nSPS) is 17.7. The number of nitrogens with zero attached hydrogens (tertiary/aromatic N) is 1. The molecule has 0 aromatic rings. The van der Waals surface area contributed by atoms with Gasteiger partial charge in [0.05, 0.1) is 22.4 Å². The van der Waals surface area contributed by atoms with Crippen molar-refractivity contribution in [3.8, 4) is 0 Å². The van der Waals surface area contributed by atoms with Gasteiger partial charge >= 0.3 is 153 Å². The molecule has 2 radical (unpaired) electrons. The predicted octanol–water partition coefficient (Wildman–Crippen LogP) is -2.31. The fourth-order valence-electron chi connectivity index (χ4n) is 3.07. The third kappa shape index (κ3) is 25.8. The number of carbonyl (C=O) groups excluding carboxylic acids is 1. The number of alkyl halides is 5. The summed E-state index contributed by atoms with van der Waals surface area (Å²) in [4.78, 5) is 15.4. The maximum Gasteiger partial charge on any atom is 1.00 e. The van der Waals surface area contributed by atoms with Crippen molar-refractivity contribution in [1.82, 2.24) is 0 Å². The van der Waals surface area contributed by atoms with Crippen molar-refractivity contribution in [2.75, 3.05) is 11.9 Å². The summed E-state index contributed by atoms with van der Waals surface area (Å²) >= 11 is 3.14. The molecule has 2 aliphatic rings. The first-order valence-electron chi connectivity index (χ1n) is 14.6. The third-order valence-corrected chi connectivity index (χ3v) is 8.60. The Labute approximate surface area is 417 Å². The number of hydrogen-bond acceptors (Lipinski definition) is 11. The molecule has 2 rings (SSSR count). The Morgan fingerprint density at radius 2 is 1.24 bits per heavy atom. The van der Waals surface area contributed by atoms with Gasteiger partial charge in [-0.1, -0.05) is 15.9 Å². The molecule has 20 heteroatoms. The van der Waals surface area contributed by atoms with Crippen molar-refractivity contribution in [1.29, 1.82) is 5.41 Å². The second-order valence-electron chi connectivity index (χ2n) is 13.2. The van der Waals surface area contributed by atoms with E-state index in [9.17, 15) is 27.8 Å². The number of halogens is 5. The van der Waals surface area contributed by atoms with Gasteiger partial charge in [-0.05, 0) is 90.6 Å². The quantitative estimate of drug-likeness (QED) is 0.0242. The second-order valence-corrected chi connectivity index (χ2v) is 13.8. The molecule has 0 unspecified atom stereocenters. The Morgan fingerprint density at radius 1 is 0.898 bits per heavy atom. The van der Waals surface area contributed by atoms with E-state index < -0.39 is 34.2 Å². The van der Waals surface area contributed by atoms with Gasteiger partial charge in [0.25, 0.3) is 6.47 Å². The molecule has 272 valence electrons. The Morgan fingerprint density at radius 3 is 1.49 bits per heavy atom. The van der Waals surface area contributed by atoms with Crippen LogP contribution in [0.3, 0.4) is 0 Å². The summed E-state index contributed by atoms with van der Waals surface area (Å²) in [6.45, 7) is 13.8. The maximum absolute atomic E-state index is 12.7. The smallest absolute Gasteiger partial charge is 1.00 e. The van der Waals surface area contributed by atoms with Crippen LogP contribution in [0.1, 0.15) is 82.5 Å². The van der Waals surface area contributed by atoms with Crippen molar-refractivity contribution < 1.29 is 191 Å². The van der Waals surface area contributed by atoms with Gasteiger partial charge in [0.15, 0.2) is 0 Å². The molecule has 0 aromatic carbocycles. The van der Waals surface area contributed by atoms with Crippen molar-refractivity contribution in [3.63, 3.8) is 0 Å². The molecule has 0 aromatic heterocycles. The number of carbonyl (C=O) groups is 1. The molecule has 49 heavy (non-hydrogen) atoms. The molecule has 11 nitrogen and oxygen atoms in total. The van der Waals surface area contributed by atoms with E-state index in [0.29, 0.717) is 17.5 Å². The van der Waals surface area contributed by atoms with Crippen LogP contribution in [0.2, 0.25) is 0 Å². The van der Waals surface area contributed by atoms with E-state index in [1.54, 1.807) is 55.4 Å². The summed E-state index contributed by atoms with van der Waals surface area (Å²) in [6, 6.07) is 0. The van der Waals surface area contributed by atoms with Crippen LogP contribution in [0.4, 0.5) is 17.6 Å². The first-order valence-corrected chi connectivity index (χ1v) is 15.7. The number of aliphatic hydroxyl groups is 2. The number of rotatable bonds is 14. The van der Waals surface area contributed by atoms with Gasteiger partial charge in [0.1, 0.15) is 0 Å². The maximum atomic E-state index is 12.7. The Bertz CT molecular complexity index is 1040. The Hall–Kier alpha value is 2.12. The second kappa shape index (κ2) is 26.8. The predicted molar refractivity (Wildman–Crippen MR) is 179 cm³/mol. The van der Waals surface area contributed by atoms with Crippen LogP contribution >= 0.6 is 15.9 Å². The van der Waals surface area contributed by atoms with E-state index in [4.69, 9.17) is 36.2 Å². The first-order chi connectivity index (χ1) is 21.3. The minimum Gasteiger partial charge on any atom is -1.00 e. The van der Waals surface area contributed by atoms with E-state index in [1.807, 2.05) is 0 Å². The molecule has 0 spiro atoms. The zero-order valence-electron chi connectivity index (χ0n) is 31.4. The number of aliphatic imine (C=N–C) groups is 1. The number of hydrogen-bond donors (Lipinski definition) is 5. The van der Waals surface area contributed by atoms with Crippen molar-refractivity contribution in [3.05, 3.63) is 23.3 Å². The molecule has 7 N–H and O–H groups in total. The molecule has 0 atom stereocenters. The Balaban J connectivity index is -0.000000201. The molecule has 2 fully saturated rings. The van der Waals surface area contributed by atoms with Gasteiger partial charge in [0, 0.05) is 50.0 Å². The molecule has 0 heterocycles. The van der Waals surface area contributed by atoms with Crippen LogP contribution in [0.25, 0.3) is 0 Å². The van der Waals surface area contributed by atoms with Crippen LogP contribution < -0.4 is 155 Å². The standard InChI is InChI=1S/C14H24BF2N2O2.C9H18BN2O2.C5H7BrF2.CH2O3.2Cs.H/c1-12(2,20)13(3,4)21-15-11(7-18)9-19-8-10-5-14(16,17)6-10;1-8(2,13)9(3,4)14-10-7(5-11)6-12;6-3-4-1-5(7,8)2-4;2-1-4-3;;;/h7,9-10,20H,5-6,8,18H2,1-4H3;5-6,11,13H,12H2,1-4H3;4H,1-3H2;1,3H;;;/q;;;;2*+1;-1/p-1/b;7-6+,11-5?;;;;;. The summed E-state index contributed by atoms with van der Waals surface area (Å²) in [5.41, 5.74) is 8.16. The first kappa shape index (κ1) is 57.8. The average Bonchev–Trinajstić information content (AvgIpc) is 2.92. The average molecular weight is 1010 g/mol. The van der Waals surface area contributed by atoms with E-state index in [-0.39, 0.29) is 183 Å². The topological polar surface area (TPSA) is 197 Å². The third-order valence-electron chi connectivity index (χ3n) is 7.69. The zero-order chi connectivity index (χ0) is 37.3. The van der Waals surface area contributed by atoms with Gasteiger partial charge in [0.2, 0.25) is 11.8 Å². The molecular weight excluding hydrogens is 960 g/mol. The van der Waals surface area contributed by atoms with Crippen molar-refractivity contribution >= 4 is 49.8 Å². The van der Waals surface area contributed by atoms with Crippen LogP contribution in [0.15, 0.2) is 28.3 Å². The number of nitrogens with one attached hydrogen (secondary N) is 1. The van der Waals surface area contributed by atoms with E-state index in [2.05, 4.69) is 25.8 Å². The minimum absolute atomic E-state index is 0. The SMILES string of the molecule is CC(C)(O)C(C)(C)O[B]/C(C=N)=C/N.CC(C)(O)C(C)(C)O[B]C(C=NCC1CC(F)(F)C1)=CN.FC1(F)CC(CBr)C1.O=CO[O-].[Cs+].[Cs+].[H-]. The van der Waals surface area contributed by atoms with Crippen LogP contribution in [-0.4, -0.2) is 90.2 Å². The van der Waals surface area contributed by atoms with Gasteiger partial charge in [-0.2, -0.15) is 0 Å². The Kier molecular flexibility index (Phi) is 31.7. The molecule has 0 aliphatic heterocycles. The molecule has 0 saturated heterocycles. The van der Waals surface area contributed by atoms with Gasteiger partial charge in [-0.15, -0.1) is 0 Å². The minimum atomic E-state index is -2.52. The van der Waals surface area contributed by atoms with E-state index in [1.165, 1.54) is 33.6 Å².